The summed E-state index contributed by atoms with van der Waals surface area (Å²) in [5.74, 6) is -0.222. The third-order valence-electron chi connectivity index (χ3n) is 3.15. The van der Waals surface area contributed by atoms with Crippen LogP contribution in [0.4, 0.5) is 0 Å². The summed E-state index contributed by atoms with van der Waals surface area (Å²) in [7, 11) is 0. The van der Waals surface area contributed by atoms with Crippen molar-refractivity contribution in [2.24, 2.45) is 0 Å². The van der Waals surface area contributed by atoms with Gasteiger partial charge in [-0.25, -0.2) is 0 Å². The van der Waals surface area contributed by atoms with Crippen LogP contribution >= 0.6 is 11.6 Å². The van der Waals surface area contributed by atoms with Gasteiger partial charge in [0.1, 0.15) is 17.9 Å². The second kappa shape index (κ2) is 6.78. The molecule has 0 aromatic heterocycles. The van der Waals surface area contributed by atoms with Gasteiger partial charge >= 0.3 is 5.97 Å². The number of ether oxygens (including phenoxy) is 1. The van der Waals surface area contributed by atoms with Crippen LogP contribution in [0.3, 0.4) is 0 Å². The van der Waals surface area contributed by atoms with Gasteiger partial charge in [0.2, 0.25) is 0 Å². The Bertz CT molecular complexity index is 434. The van der Waals surface area contributed by atoms with Crippen molar-refractivity contribution in [1.29, 1.82) is 0 Å². The van der Waals surface area contributed by atoms with Crippen LogP contribution in [0.15, 0.2) is 24.3 Å². The smallest absolute Gasteiger partial charge is 0.323 e. The molecule has 0 spiro atoms. The minimum Gasteiger partial charge on any atom is -0.491 e. The van der Waals surface area contributed by atoms with E-state index in [4.69, 9.17) is 16.3 Å². The molecule has 1 rings (SSSR count). The Labute approximate surface area is 118 Å². The third-order valence-corrected chi connectivity index (χ3v) is 3.46. The Morgan fingerprint density at radius 1 is 1.42 bits per heavy atom. The summed E-state index contributed by atoms with van der Waals surface area (Å²) in [6.45, 7) is 6.88. The molecule has 0 aliphatic rings. The highest BCUT2D eigenvalue weighted by Crippen LogP contribution is 2.23. The fourth-order valence-corrected chi connectivity index (χ4v) is 1.99. The van der Waals surface area contributed by atoms with E-state index in [2.05, 4.69) is 0 Å². The third kappa shape index (κ3) is 4.11. The lowest BCUT2D eigenvalue weighted by molar-refractivity contribution is -0.149. The van der Waals surface area contributed by atoms with Crippen LogP contribution in [0.1, 0.15) is 20.8 Å². The molecule has 0 atom stereocenters. The number of hydrogen-bond acceptors (Lipinski definition) is 3. The molecular weight excluding hydrogens is 266 g/mol. The number of aliphatic carboxylic acids is 1. The van der Waals surface area contributed by atoms with Gasteiger partial charge in [-0.15, -0.1) is 0 Å². The van der Waals surface area contributed by atoms with Crippen molar-refractivity contribution in [3.8, 4) is 5.75 Å². The van der Waals surface area contributed by atoms with E-state index in [0.29, 0.717) is 30.5 Å². The predicted molar refractivity (Wildman–Crippen MR) is 75.9 cm³/mol. The van der Waals surface area contributed by atoms with E-state index in [0.717, 1.165) is 0 Å². The molecule has 5 heteroatoms. The number of benzene rings is 1. The van der Waals surface area contributed by atoms with Gasteiger partial charge in [0, 0.05) is 6.54 Å². The minimum atomic E-state index is -0.904. The normalized spacial score (nSPS) is 11.6. The summed E-state index contributed by atoms with van der Waals surface area (Å²) in [5, 5.41) is 9.76. The molecule has 1 aromatic rings. The van der Waals surface area contributed by atoms with Crippen LogP contribution in [0.25, 0.3) is 0 Å². The van der Waals surface area contributed by atoms with Crippen LogP contribution in [-0.2, 0) is 4.79 Å². The first-order valence-electron chi connectivity index (χ1n) is 6.25. The van der Waals surface area contributed by atoms with Crippen molar-refractivity contribution in [1.82, 2.24) is 4.90 Å². The Morgan fingerprint density at radius 2 is 2.05 bits per heavy atom. The fraction of sp³-hybridized carbons (Fsp3) is 0.500. The average Bonchev–Trinajstić information content (AvgIpc) is 2.36. The lowest BCUT2D eigenvalue weighted by Gasteiger charge is -2.33. The molecule has 1 N–H and O–H groups in total. The zero-order valence-electron chi connectivity index (χ0n) is 11.5. The number of carbonyl (C=O) groups is 1. The van der Waals surface area contributed by atoms with Crippen LogP contribution in [-0.4, -0.2) is 41.2 Å². The maximum Gasteiger partial charge on any atom is 0.323 e. The van der Waals surface area contributed by atoms with Crippen molar-refractivity contribution in [2.45, 2.75) is 26.3 Å². The summed E-state index contributed by atoms with van der Waals surface area (Å²) in [6, 6.07) is 7.23. The monoisotopic (exact) mass is 285 g/mol. The number of halogens is 1. The zero-order valence-corrected chi connectivity index (χ0v) is 12.3. The first-order chi connectivity index (χ1) is 8.89. The maximum atomic E-state index is 11.2. The van der Waals surface area contributed by atoms with Crippen molar-refractivity contribution in [2.75, 3.05) is 19.7 Å². The van der Waals surface area contributed by atoms with Gasteiger partial charge in [0.15, 0.2) is 0 Å². The van der Waals surface area contributed by atoms with Gasteiger partial charge < -0.3 is 9.84 Å². The van der Waals surface area contributed by atoms with Crippen molar-refractivity contribution in [3.05, 3.63) is 29.3 Å². The van der Waals surface area contributed by atoms with E-state index in [9.17, 15) is 9.90 Å². The van der Waals surface area contributed by atoms with Crippen molar-refractivity contribution < 1.29 is 14.6 Å². The fourth-order valence-electron chi connectivity index (χ4n) is 1.80. The quantitative estimate of drug-likeness (QED) is 0.837. The molecule has 0 bridgehead atoms. The minimum absolute atomic E-state index is 0.397. The van der Waals surface area contributed by atoms with Gasteiger partial charge in [0.05, 0.1) is 5.02 Å². The van der Waals surface area contributed by atoms with E-state index in [1.54, 1.807) is 26.0 Å². The van der Waals surface area contributed by atoms with E-state index in [1.165, 1.54) is 0 Å². The van der Waals surface area contributed by atoms with Crippen LogP contribution in [0, 0.1) is 0 Å². The zero-order chi connectivity index (χ0) is 14.5. The average molecular weight is 286 g/mol. The molecular formula is C14H20ClNO3. The lowest BCUT2D eigenvalue weighted by Crippen LogP contribution is -2.51. The molecule has 0 fully saturated rings. The molecule has 19 heavy (non-hydrogen) atoms. The molecule has 0 saturated heterocycles. The highest BCUT2D eigenvalue weighted by molar-refractivity contribution is 6.32. The van der Waals surface area contributed by atoms with E-state index in [1.807, 2.05) is 24.0 Å². The number of hydrogen-bond donors (Lipinski definition) is 1. The molecule has 4 nitrogen and oxygen atoms in total. The highest BCUT2D eigenvalue weighted by atomic mass is 35.5. The summed E-state index contributed by atoms with van der Waals surface area (Å²) in [5.41, 5.74) is -0.904. The summed E-state index contributed by atoms with van der Waals surface area (Å²) < 4.78 is 5.58. The summed E-state index contributed by atoms with van der Waals surface area (Å²) in [4.78, 5) is 13.1. The Hall–Kier alpha value is -1.26. The van der Waals surface area contributed by atoms with E-state index in [-0.39, 0.29) is 0 Å². The lowest BCUT2D eigenvalue weighted by atomic mass is 10.0. The Morgan fingerprint density at radius 3 is 2.58 bits per heavy atom. The molecule has 106 valence electrons. The van der Waals surface area contributed by atoms with Crippen molar-refractivity contribution >= 4 is 17.6 Å². The van der Waals surface area contributed by atoms with E-state index < -0.39 is 11.5 Å². The molecule has 0 unspecified atom stereocenters. The molecule has 0 radical (unpaired) electrons. The van der Waals surface area contributed by atoms with Gasteiger partial charge in [-0.2, -0.15) is 0 Å². The molecule has 1 aromatic carbocycles. The number of nitrogens with zero attached hydrogens (tertiary/aromatic N) is 1. The number of likely N-dealkylation sites (N-methyl/N-ethyl adjacent to an activating group) is 1. The second-order valence-corrected chi connectivity index (χ2v) is 5.13. The molecule has 0 aliphatic heterocycles. The van der Waals surface area contributed by atoms with E-state index >= 15 is 0 Å². The van der Waals surface area contributed by atoms with Crippen LogP contribution in [0.5, 0.6) is 5.75 Å². The topological polar surface area (TPSA) is 49.8 Å². The number of carboxylic acid groups (broad SMARTS) is 1. The first kappa shape index (κ1) is 15.8. The SMILES string of the molecule is CCN(CCOc1ccccc1Cl)C(C)(C)C(=O)O. The molecule has 0 aliphatic carbocycles. The van der Waals surface area contributed by atoms with Gasteiger partial charge in [-0.1, -0.05) is 30.7 Å². The first-order valence-corrected chi connectivity index (χ1v) is 6.63. The standard InChI is InChI=1S/C14H20ClNO3/c1-4-16(14(2,3)13(17)18)9-10-19-12-8-6-5-7-11(12)15/h5-8H,4,9-10H2,1-3H3,(H,17,18). The predicted octanol–water partition coefficient (Wildman–Crippen LogP) is 2.90. The van der Waals surface area contributed by atoms with Gasteiger partial charge in [0.25, 0.3) is 0 Å². The maximum absolute atomic E-state index is 11.2. The largest absolute Gasteiger partial charge is 0.491 e. The second-order valence-electron chi connectivity index (χ2n) is 4.72. The van der Waals surface area contributed by atoms with Crippen molar-refractivity contribution in [3.63, 3.8) is 0 Å². The highest BCUT2D eigenvalue weighted by Gasteiger charge is 2.33. The summed E-state index contributed by atoms with van der Waals surface area (Å²) in [6.07, 6.45) is 0. The van der Waals surface area contributed by atoms with Crippen LogP contribution in [0.2, 0.25) is 5.02 Å². The Balaban J connectivity index is 2.56. The molecule has 0 saturated carbocycles. The summed E-state index contributed by atoms with van der Waals surface area (Å²) >= 11 is 5.98. The molecule has 0 amide bonds. The molecule has 0 heterocycles. The van der Waals surface area contributed by atoms with Crippen LogP contribution < -0.4 is 4.74 Å². The number of para-hydroxylation sites is 1. The number of carboxylic acids is 1. The number of rotatable bonds is 7. The van der Waals surface area contributed by atoms with Gasteiger partial charge in [-0.05, 0) is 32.5 Å². The van der Waals surface area contributed by atoms with Gasteiger partial charge in [-0.3, -0.25) is 9.69 Å². The Kier molecular flexibility index (Phi) is 5.63.